The van der Waals surface area contributed by atoms with E-state index in [1.807, 2.05) is 11.8 Å². The minimum atomic E-state index is -0.761. The summed E-state index contributed by atoms with van der Waals surface area (Å²) in [5, 5.41) is 9.20. The highest BCUT2D eigenvalue weighted by Crippen LogP contribution is 2.40. The Hall–Kier alpha value is -1.10. The Labute approximate surface area is 114 Å². The van der Waals surface area contributed by atoms with Crippen molar-refractivity contribution in [2.24, 2.45) is 16.6 Å². The topological polar surface area (TPSA) is 83.6 Å². The van der Waals surface area contributed by atoms with Crippen LogP contribution in [0.15, 0.2) is 0 Å². The Morgan fingerprint density at radius 2 is 1.79 bits per heavy atom. The smallest absolute Gasteiger partial charge is 0.309 e. The summed E-state index contributed by atoms with van der Waals surface area (Å²) in [5.41, 5.74) is 4.95. The molecule has 2 atom stereocenters. The summed E-state index contributed by atoms with van der Waals surface area (Å²) in [5.74, 6) is -0.645. The van der Waals surface area contributed by atoms with E-state index in [9.17, 15) is 14.7 Å². The molecule has 1 saturated carbocycles. The molecule has 1 aliphatic carbocycles. The third-order valence-electron chi connectivity index (χ3n) is 5.19. The van der Waals surface area contributed by atoms with Crippen molar-refractivity contribution in [1.29, 1.82) is 0 Å². The fraction of sp³-hybridized carbons (Fsp3) is 0.857. The third-order valence-corrected chi connectivity index (χ3v) is 5.19. The van der Waals surface area contributed by atoms with Crippen LogP contribution in [0.2, 0.25) is 0 Å². The van der Waals surface area contributed by atoms with E-state index in [1.54, 1.807) is 6.92 Å². The highest BCUT2D eigenvalue weighted by Gasteiger charge is 2.47. The summed E-state index contributed by atoms with van der Waals surface area (Å²) in [4.78, 5) is 25.6. The lowest BCUT2D eigenvalue weighted by Gasteiger charge is -2.41. The first-order valence-corrected chi connectivity index (χ1v) is 7.08. The molecule has 0 aromatic heterocycles. The largest absolute Gasteiger partial charge is 0.481 e. The van der Waals surface area contributed by atoms with Crippen molar-refractivity contribution in [3.8, 4) is 0 Å². The molecule has 1 heterocycles. The van der Waals surface area contributed by atoms with E-state index in [1.165, 1.54) is 0 Å². The molecule has 0 aromatic carbocycles. The van der Waals surface area contributed by atoms with E-state index in [4.69, 9.17) is 5.73 Å². The molecular formula is C14H24N2O3. The molecule has 1 aliphatic heterocycles. The maximum Gasteiger partial charge on any atom is 0.309 e. The van der Waals surface area contributed by atoms with E-state index in [0.29, 0.717) is 25.9 Å². The van der Waals surface area contributed by atoms with Crippen LogP contribution < -0.4 is 5.73 Å². The van der Waals surface area contributed by atoms with E-state index in [-0.39, 0.29) is 11.9 Å². The predicted octanol–water partition coefficient (Wildman–Crippen LogP) is 1.22. The Kier molecular flexibility index (Phi) is 3.60. The van der Waals surface area contributed by atoms with Crippen LogP contribution in [0.5, 0.6) is 0 Å². The fourth-order valence-corrected chi connectivity index (χ4v) is 3.24. The number of nitrogens with two attached hydrogens (primary N) is 1. The number of likely N-dealkylation sites (tertiary alicyclic amines) is 1. The van der Waals surface area contributed by atoms with Crippen LogP contribution in [-0.4, -0.2) is 41.0 Å². The second-order valence-corrected chi connectivity index (χ2v) is 6.57. The summed E-state index contributed by atoms with van der Waals surface area (Å²) in [6.07, 6.45) is 3.81. The molecule has 2 unspecified atom stereocenters. The fourth-order valence-electron chi connectivity index (χ4n) is 3.24. The molecule has 1 amide bonds. The van der Waals surface area contributed by atoms with Gasteiger partial charge in [0.1, 0.15) is 0 Å². The summed E-state index contributed by atoms with van der Waals surface area (Å²) >= 11 is 0. The summed E-state index contributed by atoms with van der Waals surface area (Å²) in [7, 11) is 0. The van der Waals surface area contributed by atoms with Crippen LogP contribution in [0, 0.1) is 10.8 Å². The van der Waals surface area contributed by atoms with Crippen LogP contribution in [0.3, 0.4) is 0 Å². The normalized spacial score (nSPS) is 34.3. The molecule has 5 nitrogen and oxygen atoms in total. The average Bonchev–Trinajstić information content (AvgIpc) is 2.71. The van der Waals surface area contributed by atoms with Gasteiger partial charge in [-0.1, -0.05) is 6.42 Å². The second-order valence-electron chi connectivity index (χ2n) is 6.57. The van der Waals surface area contributed by atoms with Crippen LogP contribution >= 0.6 is 0 Å². The summed E-state index contributed by atoms with van der Waals surface area (Å²) in [6.45, 7) is 4.78. The lowest BCUT2D eigenvalue weighted by atomic mass is 9.78. The maximum absolute atomic E-state index is 12.6. The maximum atomic E-state index is 12.6. The Morgan fingerprint density at radius 1 is 1.21 bits per heavy atom. The molecule has 19 heavy (non-hydrogen) atoms. The van der Waals surface area contributed by atoms with E-state index in [0.717, 1.165) is 19.3 Å². The number of carboxylic acid groups (broad SMARTS) is 1. The van der Waals surface area contributed by atoms with Crippen molar-refractivity contribution in [2.45, 2.75) is 52.0 Å². The van der Waals surface area contributed by atoms with Crippen molar-refractivity contribution in [3.05, 3.63) is 0 Å². The number of carboxylic acids is 1. The monoisotopic (exact) mass is 268 g/mol. The molecule has 1 saturated heterocycles. The third kappa shape index (κ3) is 2.36. The minimum absolute atomic E-state index is 0.0622. The molecule has 0 spiro atoms. The number of carbonyl (C=O) groups is 2. The Bertz CT molecular complexity index is 388. The van der Waals surface area contributed by atoms with Gasteiger partial charge in [0, 0.05) is 19.1 Å². The SMILES string of the molecule is CC1(C(=O)O)CCN(C(=O)C2(C)CCCC2N)CC1. The van der Waals surface area contributed by atoms with Crippen molar-refractivity contribution in [3.63, 3.8) is 0 Å². The van der Waals surface area contributed by atoms with E-state index in [2.05, 4.69) is 0 Å². The zero-order chi connectivity index (χ0) is 14.3. The molecule has 108 valence electrons. The van der Waals surface area contributed by atoms with E-state index < -0.39 is 16.8 Å². The molecule has 5 heteroatoms. The number of carbonyl (C=O) groups excluding carboxylic acids is 1. The van der Waals surface area contributed by atoms with Gasteiger partial charge in [-0.05, 0) is 39.5 Å². The zero-order valence-electron chi connectivity index (χ0n) is 11.8. The molecule has 2 rings (SSSR count). The average molecular weight is 268 g/mol. The van der Waals surface area contributed by atoms with Gasteiger partial charge in [-0.25, -0.2) is 0 Å². The quantitative estimate of drug-likeness (QED) is 0.788. The molecule has 0 bridgehead atoms. The number of aliphatic carboxylic acids is 1. The van der Waals surface area contributed by atoms with Crippen LogP contribution in [0.1, 0.15) is 46.0 Å². The molecule has 2 aliphatic rings. The predicted molar refractivity (Wildman–Crippen MR) is 71.5 cm³/mol. The molecule has 0 aromatic rings. The van der Waals surface area contributed by atoms with Crippen LogP contribution in [0.25, 0.3) is 0 Å². The number of amides is 1. The molecule has 2 fully saturated rings. The van der Waals surface area contributed by atoms with Gasteiger partial charge >= 0.3 is 5.97 Å². The van der Waals surface area contributed by atoms with Gasteiger partial charge in [-0.2, -0.15) is 0 Å². The van der Waals surface area contributed by atoms with Crippen molar-refractivity contribution in [2.75, 3.05) is 13.1 Å². The van der Waals surface area contributed by atoms with Gasteiger partial charge < -0.3 is 15.7 Å². The van der Waals surface area contributed by atoms with Crippen molar-refractivity contribution < 1.29 is 14.7 Å². The zero-order valence-corrected chi connectivity index (χ0v) is 11.8. The molecule has 0 radical (unpaired) electrons. The van der Waals surface area contributed by atoms with Crippen LogP contribution in [-0.2, 0) is 9.59 Å². The molecule has 3 N–H and O–H groups in total. The first-order chi connectivity index (χ1) is 8.79. The Morgan fingerprint density at radius 3 is 2.21 bits per heavy atom. The second kappa shape index (κ2) is 4.78. The van der Waals surface area contributed by atoms with E-state index >= 15 is 0 Å². The highest BCUT2D eigenvalue weighted by atomic mass is 16.4. The highest BCUT2D eigenvalue weighted by molar-refractivity contribution is 5.84. The van der Waals surface area contributed by atoms with Crippen LogP contribution in [0.4, 0.5) is 0 Å². The number of hydrogen-bond donors (Lipinski definition) is 2. The number of hydrogen-bond acceptors (Lipinski definition) is 3. The standard InChI is InChI=1S/C14H24N2O3/c1-13(12(18)19)6-8-16(9-7-13)11(17)14(2)5-3-4-10(14)15/h10H,3-9,15H2,1-2H3,(H,18,19). The van der Waals surface area contributed by atoms with Gasteiger partial charge in [-0.15, -0.1) is 0 Å². The molecular weight excluding hydrogens is 244 g/mol. The number of piperidine rings is 1. The summed E-state index contributed by atoms with van der Waals surface area (Å²) in [6, 6.07) is -0.0622. The van der Waals surface area contributed by atoms with Gasteiger partial charge in [0.2, 0.25) is 5.91 Å². The van der Waals surface area contributed by atoms with Gasteiger partial charge in [0.05, 0.1) is 10.8 Å². The van der Waals surface area contributed by atoms with Gasteiger partial charge in [0.25, 0.3) is 0 Å². The first kappa shape index (κ1) is 14.3. The van der Waals surface area contributed by atoms with Crippen molar-refractivity contribution >= 4 is 11.9 Å². The minimum Gasteiger partial charge on any atom is -0.481 e. The lowest BCUT2D eigenvalue weighted by Crippen LogP contribution is -2.53. The van der Waals surface area contributed by atoms with Crippen molar-refractivity contribution in [1.82, 2.24) is 4.90 Å². The number of nitrogens with zero attached hydrogens (tertiary/aromatic N) is 1. The number of rotatable bonds is 2. The lowest BCUT2D eigenvalue weighted by molar-refractivity contribution is -0.155. The van der Waals surface area contributed by atoms with Gasteiger partial charge in [-0.3, -0.25) is 9.59 Å². The first-order valence-electron chi connectivity index (χ1n) is 7.08. The summed E-state index contributed by atoms with van der Waals surface area (Å²) < 4.78 is 0. The Balaban J connectivity index is 2.02. The van der Waals surface area contributed by atoms with Gasteiger partial charge in [0.15, 0.2) is 0 Å².